The molecule has 0 saturated carbocycles. The van der Waals surface area contributed by atoms with Gasteiger partial charge in [0.25, 0.3) is 5.91 Å². The van der Waals surface area contributed by atoms with Crippen LogP contribution in [0.25, 0.3) is 6.08 Å². The summed E-state index contributed by atoms with van der Waals surface area (Å²) in [6.07, 6.45) is 4.05. The molecule has 1 aliphatic rings. The molecule has 0 spiro atoms. The molecule has 4 heteroatoms. The van der Waals surface area contributed by atoms with E-state index in [2.05, 4.69) is 41.3 Å². The fourth-order valence-corrected chi connectivity index (χ4v) is 2.92. The quantitative estimate of drug-likeness (QED) is 0.519. The largest absolute Gasteiger partial charge is 0.294 e. The molecule has 1 aliphatic heterocycles. The van der Waals surface area contributed by atoms with Gasteiger partial charge < -0.3 is 0 Å². The molecule has 0 atom stereocenters. The lowest BCUT2D eigenvalue weighted by atomic mass is 9.96. The number of carbonyl (C=O) groups excluding carboxylic acids is 1. The second-order valence-corrected chi connectivity index (χ2v) is 5.78. The Kier molecular flexibility index (Phi) is 4.86. The van der Waals surface area contributed by atoms with Crippen LogP contribution in [0.3, 0.4) is 0 Å². The monoisotopic (exact) mass is 308 g/mol. The van der Waals surface area contributed by atoms with Crippen LogP contribution in [0.2, 0.25) is 0 Å². The molecular formula is C19H20N2O2. The van der Waals surface area contributed by atoms with E-state index in [-0.39, 0.29) is 0 Å². The van der Waals surface area contributed by atoms with Crippen LogP contribution in [-0.4, -0.2) is 22.6 Å². The van der Waals surface area contributed by atoms with Gasteiger partial charge >= 0.3 is 0 Å². The normalized spacial score (nSPS) is 14.7. The van der Waals surface area contributed by atoms with E-state index >= 15 is 0 Å². The maximum absolute atomic E-state index is 11.0. The smallest absolute Gasteiger partial charge is 0.267 e. The summed E-state index contributed by atoms with van der Waals surface area (Å²) in [4.78, 5) is 13.5. The molecule has 0 unspecified atom stereocenters. The van der Waals surface area contributed by atoms with Crippen molar-refractivity contribution < 1.29 is 10.0 Å². The third-order valence-corrected chi connectivity index (χ3v) is 4.11. The van der Waals surface area contributed by atoms with Crippen molar-refractivity contribution in [1.29, 1.82) is 0 Å². The summed E-state index contributed by atoms with van der Waals surface area (Å²) in [7, 11) is 0. The Balaban J connectivity index is 1.68. The number of carbonyl (C=O) groups is 1. The number of hydrogen-bond donors (Lipinski definition) is 2. The van der Waals surface area contributed by atoms with Gasteiger partial charge in [0.15, 0.2) is 0 Å². The lowest BCUT2D eigenvalue weighted by Crippen LogP contribution is -2.30. The van der Waals surface area contributed by atoms with Crippen LogP contribution in [0.15, 0.2) is 54.6 Å². The summed E-state index contributed by atoms with van der Waals surface area (Å²) in [5.74, 6) is -0.517. The van der Waals surface area contributed by atoms with E-state index in [1.54, 1.807) is 11.6 Å². The molecule has 0 fully saturated rings. The van der Waals surface area contributed by atoms with Gasteiger partial charge in [-0.15, -0.1) is 0 Å². The predicted octanol–water partition coefficient (Wildman–Crippen LogP) is 2.76. The van der Waals surface area contributed by atoms with Gasteiger partial charge in [-0.3, -0.25) is 14.9 Å². The fraction of sp³-hybridized carbons (Fsp3) is 0.211. The van der Waals surface area contributed by atoms with Crippen molar-refractivity contribution in [2.45, 2.75) is 19.5 Å². The van der Waals surface area contributed by atoms with E-state index in [0.29, 0.717) is 0 Å². The standard InChI is InChI=1S/C19H20N2O2/c22-19(20-23)9-7-15-6-8-18-14-21(11-10-17(18)12-15)13-16-4-2-1-3-5-16/h1-9,12,23H,10-11,13-14H2,(H,20,22)/b9-7+. The van der Waals surface area contributed by atoms with E-state index in [4.69, 9.17) is 5.21 Å². The highest BCUT2D eigenvalue weighted by Gasteiger charge is 2.16. The van der Waals surface area contributed by atoms with Gasteiger partial charge in [0.2, 0.25) is 0 Å². The van der Waals surface area contributed by atoms with Crippen molar-refractivity contribution in [1.82, 2.24) is 10.4 Å². The number of nitrogens with zero attached hydrogens (tertiary/aromatic N) is 1. The van der Waals surface area contributed by atoms with Gasteiger partial charge in [-0.05, 0) is 34.8 Å². The fourth-order valence-electron chi connectivity index (χ4n) is 2.92. The molecule has 0 aromatic heterocycles. The molecule has 2 aromatic rings. The molecular weight excluding hydrogens is 288 g/mol. The molecule has 23 heavy (non-hydrogen) atoms. The molecule has 0 saturated heterocycles. The summed E-state index contributed by atoms with van der Waals surface area (Å²) in [5.41, 5.74) is 6.59. The van der Waals surface area contributed by atoms with Gasteiger partial charge in [-0.25, -0.2) is 5.48 Å². The van der Waals surface area contributed by atoms with Crippen molar-refractivity contribution >= 4 is 12.0 Å². The third-order valence-electron chi connectivity index (χ3n) is 4.11. The van der Waals surface area contributed by atoms with E-state index in [1.807, 2.05) is 12.1 Å². The SMILES string of the molecule is O=C(/C=C/c1ccc2c(c1)CCN(Cc1ccccc1)C2)NO. The third kappa shape index (κ3) is 4.06. The maximum Gasteiger partial charge on any atom is 0.267 e. The van der Waals surface area contributed by atoms with Crippen molar-refractivity contribution in [3.8, 4) is 0 Å². The summed E-state index contributed by atoms with van der Waals surface area (Å²) >= 11 is 0. The second kappa shape index (κ2) is 7.22. The molecule has 0 bridgehead atoms. The highest BCUT2D eigenvalue weighted by atomic mass is 16.5. The van der Waals surface area contributed by atoms with Crippen molar-refractivity contribution in [3.63, 3.8) is 0 Å². The molecule has 2 N–H and O–H groups in total. The first-order chi connectivity index (χ1) is 11.2. The van der Waals surface area contributed by atoms with E-state index in [0.717, 1.165) is 31.6 Å². The molecule has 0 aliphatic carbocycles. The predicted molar refractivity (Wildman–Crippen MR) is 89.7 cm³/mol. The Hall–Kier alpha value is -2.43. The summed E-state index contributed by atoms with van der Waals surface area (Å²) in [6.45, 7) is 2.95. The van der Waals surface area contributed by atoms with Crippen LogP contribution in [0, 0.1) is 0 Å². The summed E-state index contributed by atoms with van der Waals surface area (Å²) in [6, 6.07) is 16.8. The number of hydrogen-bond acceptors (Lipinski definition) is 3. The second-order valence-electron chi connectivity index (χ2n) is 5.78. The lowest BCUT2D eigenvalue weighted by Gasteiger charge is -2.29. The van der Waals surface area contributed by atoms with Gasteiger partial charge in [-0.2, -0.15) is 0 Å². The van der Waals surface area contributed by atoms with Crippen molar-refractivity contribution in [2.24, 2.45) is 0 Å². The summed E-state index contributed by atoms with van der Waals surface area (Å²) in [5, 5.41) is 8.50. The number of rotatable bonds is 4. The Labute approximate surface area is 136 Å². The van der Waals surface area contributed by atoms with E-state index in [1.165, 1.54) is 22.8 Å². The highest BCUT2D eigenvalue weighted by molar-refractivity contribution is 5.90. The van der Waals surface area contributed by atoms with Crippen LogP contribution in [0.1, 0.15) is 22.3 Å². The van der Waals surface area contributed by atoms with Gasteiger partial charge in [0, 0.05) is 25.7 Å². The minimum Gasteiger partial charge on any atom is -0.294 e. The molecule has 1 amide bonds. The van der Waals surface area contributed by atoms with Crippen LogP contribution in [0.5, 0.6) is 0 Å². The average molecular weight is 308 g/mol. The minimum absolute atomic E-state index is 0.517. The number of fused-ring (bicyclic) bond motifs is 1. The molecule has 4 nitrogen and oxygen atoms in total. The van der Waals surface area contributed by atoms with Crippen LogP contribution in [0.4, 0.5) is 0 Å². The zero-order chi connectivity index (χ0) is 16.1. The average Bonchev–Trinajstić information content (AvgIpc) is 2.60. The van der Waals surface area contributed by atoms with Crippen LogP contribution < -0.4 is 5.48 Å². The van der Waals surface area contributed by atoms with Gasteiger partial charge in [-0.1, -0.05) is 48.5 Å². The van der Waals surface area contributed by atoms with Crippen LogP contribution in [-0.2, 0) is 24.3 Å². The van der Waals surface area contributed by atoms with Crippen LogP contribution >= 0.6 is 0 Å². The Morgan fingerprint density at radius 2 is 2.00 bits per heavy atom. The molecule has 3 rings (SSSR count). The Bertz CT molecular complexity index is 711. The first kappa shape index (κ1) is 15.5. The molecule has 1 heterocycles. The zero-order valence-electron chi connectivity index (χ0n) is 12.9. The minimum atomic E-state index is -0.517. The maximum atomic E-state index is 11.0. The summed E-state index contributed by atoms with van der Waals surface area (Å²) < 4.78 is 0. The first-order valence-corrected chi connectivity index (χ1v) is 7.75. The number of nitrogens with one attached hydrogen (secondary N) is 1. The Morgan fingerprint density at radius 1 is 1.17 bits per heavy atom. The molecule has 2 aromatic carbocycles. The Morgan fingerprint density at radius 3 is 2.78 bits per heavy atom. The van der Waals surface area contributed by atoms with E-state index < -0.39 is 5.91 Å². The molecule has 118 valence electrons. The van der Waals surface area contributed by atoms with Gasteiger partial charge in [0.1, 0.15) is 0 Å². The van der Waals surface area contributed by atoms with Crippen molar-refractivity contribution in [3.05, 3.63) is 76.9 Å². The number of amides is 1. The molecule has 0 radical (unpaired) electrons. The van der Waals surface area contributed by atoms with E-state index in [9.17, 15) is 4.79 Å². The lowest BCUT2D eigenvalue weighted by molar-refractivity contribution is -0.124. The highest BCUT2D eigenvalue weighted by Crippen LogP contribution is 2.22. The first-order valence-electron chi connectivity index (χ1n) is 7.75. The number of benzene rings is 2. The van der Waals surface area contributed by atoms with Crippen molar-refractivity contribution in [2.75, 3.05) is 6.54 Å². The van der Waals surface area contributed by atoms with Gasteiger partial charge in [0.05, 0.1) is 0 Å². The number of hydroxylamine groups is 1. The zero-order valence-corrected chi connectivity index (χ0v) is 12.9. The topological polar surface area (TPSA) is 52.6 Å².